The molecule has 0 atom stereocenters. The molecule has 2 rings (SSSR count). The highest BCUT2D eigenvalue weighted by molar-refractivity contribution is 7.80. The molecule has 98 valence electrons. The third-order valence-corrected chi connectivity index (χ3v) is 3.14. The molecule has 4 nitrogen and oxygen atoms in total. The van der Waals surface area contributed by atoms with Gasteiger partial charge in [-0.15, -0.1) is 0 Å². The second-order valence-corrected chi connectivity index (χ2v) is 4.73. The molecule has 0 aliphatic rings. The molecule has 5 heteroatoms. The highest BCUT2D eigenvalue weighted by Crippen LogP contribution is 2.12. The van der Waals surface area contributed by atoms with Crippen LogP contribution in [0.3, 0.4) is 0 Å². The van der Waals surface area contributed by atoms with Crippen LogP contribution < -0.4 is 10.6 Å². The van der Waals surface area contributed by atoms with E-state index >= 15 is 0 Å². The maximum Gasteiger partial charge on any atom is 0.122 e. The first-order valence-corrected chi connectivity index (χ1v) is 6.43. The third kappa shape index (κ3) is 3.72. The Morgan fingerprint density at radius 3 is 2.58 bits per heavy atom. The number of thiocarbonyl (C=S) groups is 1. The molecule has 0 bridgehead atoms. The predicted molar refractivity (Wildman–Crippen MR) is 81.3 cm³/mol. The molecule has 0 spiro atoms. The summed E-state index contributed by atoms with van der Waals surface area (Å²) in [6, 6.07) is 7.89. The van der Waals surface area contributed by atoms with E-state index in [2.05, 4.69) is 14.9 Å². The standard InChI is InChI=1S/C14H16N4S/c1-18(9-6-11-4-7-16-8-5-11)12-2-3-13(14(15)19)17-10-12/h2-5,7-8,10H,6,9H2,1H3,(H2,15,19). The molecule has 2 heterocycles. The molecule has 0 radical (unpaired) electrons. The van der Waals surface area contributed by atoms with Gasteiger partial charge in [-0.2, -0.15) is 0 Å². The van der Waals surface area contributed by atoms with Crippen molar-refractivity contribution >= 4 is 22.9 Å². The number of rotatable bonds is 5. The molecule has 0 amide bonds. The van der Waals surface area contributed by atoms with Crippen LogP contribution in [0.4, 0.5) is 5.69 Å². The number of likely N-dealkylation sites (N-methyl/N-ethyl adjacent to an activating group) is 1. The third-order valence-electron chi connectivity index (χ3n) is 2.93. The van der Waals surface area contributed by atoms with Gasteiger partial charge in [-0.25, -0.2) is 0 Å². The van der Waals surface area contributed by atoms with Crippen LogP contribution in [0.15, 0.2) is 42.9 Å². The summed E-state index contributed by atoms with van der Waals surface area (Å²) in [7, 11) is 2.04. The molecule has 0 fully saturated rings. The minimum absolute atomic E-state index is 0.325. The SMILES string of the molecule is CN(CCc1ccncc1)c1ccc(C(N)=S)nc1. The first-order valence-electron chi connectivity index (χ1n) is 6.02. The van der Waals surface area contributed by atoms with Crippen molar-refractivity contribution in [2.45, 2.75) is 6.42 Å². The lowest BCUT2D eigenvalue weighted by molar-refractivity contribution is 0.871. The van der Waals surface area contributed by atoms with Crippen LogP contribution >= 0.6 is 12.2 Å². The number of aromatic nitrogens is 2. The molecule has 2 aromatic rings. The molecule has 0 unspecified atom stereocenters. The number of nitrogens with two attached hydrogens (primary N) is 1. The number of anilines is 1. The summed E-state index contributed by atoms with van der Waals surface area (Å²) in [6.07, 6.45) is 6.39. The molecule has 2 aromatic heterocycles. The smallest absolute Gasteiger partial charge is 0.122 e. The Balaban J connectivity index is 1.96. The minimum atomic E-state index is 0.325. The molecule has 0 aliphatic carbocycles. The normalized spacial score (nSPS) is 10.2. The minimum Gasteiger partial charge on any atom is -0.388 e. The van der Waals surface area contributed by atoms with Crippen molar-refractivity contribution in [2.24, 2.45) is 5.73 Å². The van der Waals surface area contributed by atoms with Crippen LogP contribution in [-0.2, 0) is 6.42 Å². The second-order valence-electron chi connectivity index (χ2n) is 4.29. The van der Waals surface area contributed by atoms with Gasteiger partial charge in [0.25, 0.3) is 0 Å². The molecule has 0 saturated carbocycles. The van der Waals surface area contributed by atoms with Crippen molar-refractivity contribution in [3.8, 4) is 0 Å². The Hall–Kier alpha value is -2.01. The van der Waals surface area contributed by atoms with Crippen LogP contribution in [0.1, 0.15) is 11.3 Å². The fourth-order valence-corrected chi connectivity index (χ4v) is 1.85. The predicted octanol–water partition coefficient (Wildman–Crippen LogP) is 1.79. The Kier molecular flexibility index (Phi) is 4.41. The van der Waals surface area contributed by atoms with Crippen molar-refractivity contribution in [3.05, 3.63) is 54.1 Å². The maximum absolute atomic E-state index is 5.52. The van der Waals surface area contributed by atoms with Gasteiger partial charge in [-0.05, 0) is 36.2 Å². The van der Waals surface area contributed by atoms with E-state index in [0.717, 1.165) is 18.7 Å². The fraction of sp³-hybridized carbons (Fsp3) is 0.214. The van der Waals surface area contributed by atoms with E-state index in [-0.39, 0.29) is 0 Å². The number of hydrogen-bond donors (Lipinski definition) is 1. The number of nitrogens with zero attached hydrogens (tertiary/aromatic N) is 3. The van der Waals surface area contributed by atoms with Gasteiger partial charge < -0.3 is 10.6 Å². The quantitative estimate of drug-likeness (QED) is 0.841. The van der Waals surface area contributed by atoms with E-state index < -0.39 is 0 Å². The van der Waals surface area contributed by atoms with Crippen LogP contribution in [0.2, 0.25) is 0 Å². The maximum atomic E-state index is 5.52. The molecule has 2 N–H and O–H groups in total. The largest absolute Gasteiger partial charge is 0.388 e. The lowest BCUT2D eigenvalue weighted by Crippen LogP contribution is -2.21. The summed E-state index contributed by atoms with van der Waals surface area (Å²) in [4.78, 5) is 10.7. The van der Waals surface area contributed by atoms with Gasteiger partial charge in [0.2, 0.25) is 0 Å². The number of hydrogen-bond acceptors (Lipinski definition) is 4. The topological polar surface area (TPSA) is 55.0 Å². The van der Waals surface area contributed by atoms with Gasteiger partial charge in [-0.3, -0.25) is 9.97 Å². The van der Waals surface area contributed by atoms with Gasteiger partial charge in [0.15, 0.2) is 0 Å². The van der Waals surface area contributed by atoms with E-state index in [9.17, 15) is 0 Å². The first-order chi connectivity index (χ1) is 9.16. The Morgan fingerprint density at radius 1 is 1.26 bits per heavy atom. The van der Waals surface area contributed by atoms with E-state index in [0.29, 0.717) is 10.7 Å². The summed E-state index contributed by atoms with van der Waals surface area (Å²) in [5.41, 5.74) is 8.50. The van der Waals surface area contributed by atoms with E-state index in [1.807, 2.05) is 43.7 Å². The lowest BCUT2D eigenvalue weighted by Gasteiger charge is -2.19. The first kappa shape index (κ1) is 13.4. The Labute approximate surface area is 118 Å². The van der Waals surface area contributed by atoms with Crippen molar-refractivity contribution < 1.29 is 0 Å². The summed E-state index contributed by atoms with van der Waals surface area (Å²) < 4.78 is 0. The van der Waals surface area contributed by atoms with E-state index in [1.54, 1.807) is 6.20 Å². The summed E-state index contributed by atoms with van der Waals surface area (Å²) in [5.74, 6) is 0. The molecular formula is C14H16N4S. The van der Waals surface area contributed by atoms with Gasteiger partial charge in [0.05, 0.1) is 17.6 Å². The lowest BCUT2D eigenvalue weighted by atomic mass is 10.2. The molecule has 0 aromatic carbocycles. The van der Waals surface area contributed by atoms with Crippen molar-refractivity contribution in [2.75, 3.05) is 18.5 Å². The van der Waals surface area contributed by atoms with Gasteiger partial charge in [-0.1, -0.05) is 12.2 Å². The molecule has 0 aliphatic heterocycles. The summed E-state index contributed by atoms with van der Waals surface area (Å²) >= 11 is 4.88. The van der Waals surface area contributed by atoms with E-state index in [1.165, 1.54) is 5.56 Å². The average Bonchev–Trinajstić information content (AvgIpc) is 2.46. The second kappa shape index (κ2) is 6.24. The summed E-state index contributed by atoms with van der Waals surface area (Å²) in [5, 5.41) is 0. The average molecular weight is 272 g/mol. The zero-order valence-electron chi connectivity index (χ0n) is 10.8. The highest BCUT2D eigenvalue weighted by Gasteiger charge is 2.03. The van der Waals surface area contributed by atoms with Crippen LogP contribution in [-0.4, -0.2) is 28.5 Å². The Morgan fingerprint density at radius 2 is 2.00 bits per heavy atom. The zero-order chi connectivity index (χ0) is 13.7. The van der Waals surface area contributed by atoms with Gasteiger partial charge >= 0.3 is 0 Å². The van der Waals surface area contributed by atoms with Gasteiger partial charge in [0.1, 0.15) is 4.99 Å². The van der Waals surface area contributed by atoms with Crippen molar-refractivity contribution in [1.82, 2.24) is 9.97 Å². The number of pyridine rings is 2. The van der Waals surface area contributed by atoms with Crippen LogP contribution in [0.25, 0.3) is 0 Å². The molecule has 19 heavy (non-hydrogen) atoms. The fourth-order valence-electron chi connectivity index (χ4n) is 1.73. The van der Waals surface area contributed by atoms with Gasteiger partial charge in [0, 0.05) is 26.0 Å². The molecular weight excluding hydrogens is 256 g/mol. The Bertz CT molecular complexity index is 539. The van der Waals surface area contributed by atoms with Crippen molar-refractivity contribution in [3.63, 3.8) is 0 Å². The monoisotopic (exact) mass is 272 g/mol. The van der Waals surface area contributed by atoms with Crippen molar-refractivity contribution in [1.29, 1.82) is 0 Å². The zero-order valence-corrected chi connectivity index (χ0v) is 11.6. The summed E-state index contributed by atoms with van der Waals surface area (Å²) in [6.45, 7) is 0.915. The van der Waals surface area contributed by atoms with E-state index in [4.69, 9.17) is 18.0 Å². The molecule has 0 saturated heterocycles. The van der Waals surface area contributed by atoms with Crippen LogP contribution in [0.5, 0.6) is 0 Å². The highest BCUT2D eigenvalue weighted by atomic mass is 32.1. The van der Waals surface area contributed by atoms with Crippen LogP contribution in [0, 0.1) is 0 Å².